The number of aromatic nitrogens is 4. The molecule has 0 bridgehead atoms. The van der Waals surface area contributed by atoms with Gasteiger partial charge in [-0.1, -0.05) is 35.5 Å². The first-order valence-corrected chi connectivity index (χ1v) is 10.8. The Bertz CT molecular complexity index is 1130. The number of nitrogens with zero attached hydrogens (tertiary/aromatic N) is 4. The predicted molar refractivity (Wildman–Crippen MR) is 117 cm³/mol. The van der Waals surface area contributed by atoms with Gasteiger partial charge in [0.25, 0.3) is 5.89 Å². The molecule has 1 unspecified atom stereocenters. The van der Waals surface area contributed by atoms with E-state index in [9.17, 15) is 4.79 Å². The summed E-state index contributed by atoms with van der Waals surface area (Å²) in [6, 6.07) is 17.7. The SMILES string of the molecule is O=C(CCc1nc2ccccc2[nH]1)N1CCCC(Cc2noc(-c3ccccc3)n2)C1. The van der Waals surface area contributed by atoms with E-state index in [0.29, 0.717) is 30.5 Å². The molecule has 0 spiro atoms. The highest BCUT2D eigenvalue weighted by atomic mass is 16.5. The number of fused-ring (bicyclic) bond motifs is 1. The molecule has 7 heteroatoms. The van der Waals surface area contributed by atoms with E-state index in [1.54, 1.807) is 0 Å². The summed E-state index contributed by atoms with van der Waals surface area (Å²) in [5.41, 5.74) is 2.88. The Morgan fingerprint density at radius 2 is 1.94 bits per heavy atom. The fourth-order valence-corrected chi connectivity index (χ4v) is 4.26. The van der Waals surface area contributed by atoms with Gasteiger partial charge in [-0.2, -0.15) is 4.98 Å². The Balaban J connectivity index is 1.16. The lowest BCUT2D eigenvalue weighted by Crippen LogP contribution is -2.40. The van der Waals surface area contributed by atoms with Crippen LogP contribution >= 0.6 is 0 Å². The summed E-state index contributed by atoms with van der Waals surface area (Å²) in [7, 11) is 0. The molecular weight excluding hydrogens is 390 g/mol. The minimum atomic E-state index is 0.184. The van der Waals surface area contributed by atoms with Crippen LogP contribution in [0.5, 0.6) is 0 Å². The molecule has 2 aromatic carbocycles. The van der Waals surface area contributed by atoms with Gasteiger partial charge in [0.05, 0.1) is 11.0 Å². The van der Waals surface area contributed by atoms with Gasteiger partial charge in [-0.3, -0.25) is 4.79 Å². The van der Waals surface area contributed by atoms with Crippen molar-refractivity contribution in [1.82, 2.24) is 25.0 Å². The number of hydrogen-bond donors (Lipinski definition) is 1. The first kappa shape index (κ1) is 19.5. The summed E-state index contributed by atoms with van der Waals surface area (Å²) in [6.45, 7) is 1.56. The van der Waals surface area contributed by atoms with E-state index in [4.69, 9.17) is 4.52 Å². The van der Waals surface area contributed by atoms with Gasteiger partial charge in [0.1, 0.15) is 5.82 Å². The van der Waals surface area contributed by atoms with Crippen LogP contribution < -0.4 is 0 Å². The van der Waals surface area contributed by atoms with Crippen LogP contribution in [-0.2, 0) is 17.6 Å². The number of nitrogens with one attached hydrogen (secondary N) is 1. The van der Waals surface area contributed by atoms with Gasteiger partial charge in [0.2, 0.25) is 5.91 Å². The molecule has 4 aromatic rings. The van der Waals surface area contributed by atoms with Crippen LogP contribution in [0.3, 0.4) is 0 Å². The largest absolute Gasteiger partial charge is 0.342 e. The maximum absolute atomic E-state index is 12.8. The molecule has 1 aliphatic rings. The molecule has 1 aliphatic heterocycles. The predicted octanol–water partition coefficient (Wildman–Crippen LogP) is 4.03. The quantitative estimate of drug-likeness (QED) is 0.514. The zero-order chi connectivity index (χ0) is 21.0. The number of piperidine rings is 1. The molecule has 0 radical (unpaired) electrons. The van der Waals surface area contributed by atoms with Crippen molar-refractivity contribution in [2.45, 2.75) is 32.1 Å². The summed E-state index contributed by atoms with van der Waals surface area (Å²) in [6.07, 6.45) is 3.89. The molecule has 3 heterocycles. The van der Waals surface area contributed by atoms with Crippen LogP contribution in [0.25, 0.3) is 22.5 Å². The van der Waals surface area contributed by atoms with Crippen molar-refractivity contribution in [2.24, 2.45) is 5.92 Å². The molecule has 0 aliphatic carbocycles. The van der Waals surface area contributed by atoms with Gasteiger partial charge in [0.15, 0.2) is 5.82 Å². The Labute approximate surface area is 180 Å². The Kier molecular flexibility index (Phi) is 5.48. The molecule has 0 saturated carbocycles. The van der Waals surface area contributed by atoms with Crippen molar-refractivity contribution in [3.05, 3.63) is 66.2 Å². The number of imidazole rings is 1. The van der Waals surface area contributed by atoms with E-state index in [0.717, 1.165) is 54.8 Å². The fourth-order valence-electron chi connectivity index (χ4n) is 4.26. The Hall–Kier alpha value is -3.48. The summed E-state index contributed by atoms with van der Waals surface area (Å²) in [5, 5.41) is 4.15. The number of aromatic amines is 1. The topological polar surface area (TPSA) is 87.9 Å². The first-order chi connectivity index (χ1) is 15.2. The van der Waals surface area contributed by atoms with Gasteiger partial charge in [-0.05, 0) is 43.0 Å². The number of carbonyl (C=O) groups is 1. The van der Waals surface area contributed by atoms with Gasteiger partial charge in [-0.15, -0.1) is 0 Å². The van der Waals surface area contributed by atoms with Crippen molar-refractivity contribution in [3.63, 3.8) is 0 Å². The van der Waals surface area contributed by atoms with Gasteiger partial charge in [-0.25, -0.2) is 4.98 Å². The highest BCUT2D eigenvalue weighted by molar-refractivity contribution is 5.77. The molecule has 5 rings (SSSR count). The zero-order valence-electron chi connectivity index (χ0n) is 17.3. The lowest BCUT2D eigenvalue weighted by atomic mass is 9.94. The molecule has 1 amide bonds. The summed E-state index contributed by atoms with van der Waals surface area (Å²) in [4.78, 5) is 27.2. The van der Waals surface area contributed by atoms with E-state index in [1.807, 2.05) is 59.5 Å². The number of carbonyl (C=O) groups excluding carboxylic acids is 1. The number of para-hydroxylation sites is 2. The minimum Gasteiger partial charge on any atom is -0.342 e. The second-order valence-electron chi connectivity index (χ2n) is 8.13. The summed E-state index contributed by atoms with van der Waals surface area (Å²) in [5.74, 6) is 2.65. The molecule has 1 fully saturated rings. The average molecular weight is 415 g/mol. The van der Waals surface area contributed by atoms with Crippen LogP contribution in [0, 0.1) is 5.92 Å². The Morgan fingerprint density at radius 1 is 1.10 bits per heavy atom. The number of rotatable bonds is 6. The third-order valence-electron chi connectivity index (χ3n) is 5.85. The fraction of sp³-hybridized carbons (Fsp3) is 0.333. The van der Waals surface area contributed by atoms with E-state index in [2.05, 4.69) is 20.1 Å². The van der Waals surface area contributed by atoms with Crippen LogP contribution in [0.15, 0.2) is 59.1 Å². The molecule has 1 atom stereocenters. The second-order valence-corrected chi connectivity index (χ2v) is 8.13. The Morgan fingerprint density at radius 3 is 2.81 bits per heavy atom. The monoisotopic (exact) mass is 415 g/mol. The molecule has 2 aromatic heterocycles. The van der Waals surface area contributed by atoms with E-state index < -0.39 is 0 Å². The van der Waals surface area contributed by atoms with Crippen molar-refractivity contribution in [3.8, 4) is 11.5 Å². The van der Waals surface area contributed by atoms with Gasteiger partial charge in [0, 0.05) is 37.9 Å². The van der Waals surface area contributed by atoms with Crippen molar-refractivity contribution in [2.75, 3.05) is 13.1 Å². The molecule has 7 nitrogen and oxygen atoms in total. The van der Waals surface area contributed by atoms with Gasteiger partial charge < -0.3 is 14.4 Å². The number of H-pyrrole nitrogens is 1. The van der Waals surface area contributed by atoms with Crippen LogP contribution in [-0.4, -0.2) is 44.0 Å². The smallest absolute Gasteiger partial charge is 0.257 e. The van der Waals surface area contributed by atoms with Crippen LogP contribution in [0.4, 0.5) is 0 Å². The summed E-state index contributed by atoms with van der Waals surface area (Å²) < 4.78 is 5.43. The van der Waals surface area contributed by atoms with Crippen molar-refractivity contribution >= 4 is 16.9 Å². The first-order valence-electron chi connectivity index (χ1n) is 10.8. The third-order valence-corrected chi connectivity index (χ3v) is 5.85. The minimum absolute atomic E-state index is 0.184. The molecule has 158 valence electrons. The number of likely N-dealkylation sites (tertiary alicyclic amines) is 1. The number of amides is 1. The lowest BCUT2D eigenvalue weighted by molar-refractivity contribution is -0.133. The van der Waals surface area contributed by atoms with E-state index in [-0.39, 0.29) is 5.91 Å². The standard InChI is InChI=1S/C24H25N5O2/c30-23(13-12-21-25-19-10-4-5-11-20(19)26-21)29-14-6-7-17(16-29)15-22-27-24(31-28-22)18-8-2-1-3-9-18/h1-5,8-11,17H,6-7,12-16H2,(H,25,26). The van der Waals surface area contributed by atoms with E-state index in [1.165, 1.54) is 0 Å². The number of aryl methyl sites for hydroxylation is 1. The average Bonchev–Trinajstić information content (AvgIpc) is 3.45. The highest BCUT2D eigenvalue weighted by Crippen LogP contribution is 2.23. The molecule has 1 N–H and O–H groups in total. The normalized spacial score (nSPS) is 16.6. The molecule has 31 heavy (non-hydrogen) atoms. The maximum atomic E-state index is 12.8. The van der Waals surface area contributed by atoms with Crippen molar-refractivity contribution in [1.29, 1.82) is 0 Å². The zero-order valence-corrected chi connectivity index (χ0v) is 17.3. The third kappa shape index (κ3) is 4.50. The number of benzene rings is 2. The molecular formula is C24H25N5O2. The van der Waals surface area contributed by atoms with Gasteiger partial charge >= 0.3 is 0 Å². The van der Waals surface area contributed by atoms with E-state index >= 15 is 0 Å². The molecule has 1 saturated heterocycles. The van der Waals surface area contributed by atoms with Crippen LogP contribution in [0.1, 0.15) is 30.9 Å². The number of hydrogen-bond acceptors (Lipinski definition) is 5. The second kappa shape index (κ2) is 8.71. The lowest BCUT2D eigenvalue weighted by Gasteiger charge is -2.32. The highest BCUT2D eigenvalue weighted by Gasteiger charge is 2.25. The maximum Gasteiger partial charge on any atom is 0.257 e. The van der Waals surface area contributed by atoms with Crippen LogP contribution in [0.2, 0.25) is 0 Å². The summed E-state index contributed by atoms with van der Waals surface area (Å²) >= 11 is 0. The van der Waals surface area contributed by atoms with Crippen molar-refractivity contribution < 1.29 is 9.32 Å².